The lowest BCUT2D eigenvalue weighted by Gasteiger charge is -2.44. The highest BCUT2D eigenvalue weighted by Crippen LogP contribution is 2.38. The molecule has 0 radical (unpaired) electrons. The van der Waals surface area contributed by atoms with Gasteiger partial charge in [0.05, 0.1) is 48.6 Å². The van der Waals surface area contributed by atoms with Crippen LogP contribution >= 0.6 is 0 Å². The third kappa shape index (κ3) is 36.6. The monoisotopic (exact) mass is 1770 g/mol. The molecule has 22 atom stereocenters. The highest BCUT2D eigenvalue weighted by molar-refractivity contribution is 6.03. The van der Waals surface area contributed by atoms with Gasteiger partial charge >= 0.3 is 6.09 Å². The molecule has 0 saturated carbocycles. The molecular formula is C93H152N12O21. The van der Waals surface area contributed by atoms with Crippen LogP contribution in [0.15, 0.2) is 48.5 Å². The van der Waals surface area contributed by atoms with Gasteiger partial charge in [0, 0.05) is 123 Å². The van der Waals surface area contributed by atoms with E-state index < -0.39 is 72.9 Å². The van der Waals surface area contributed by atoms with Gasteiger partial charge in [-0.15, -0.1) is 0 Å². The molecule has 12 amide bonds. The smallest absolute Gasteiger partial charge is 0.407 e. The fraction of sp³-hybridized carbons (Fsp3) is 0.742. The minimum absolute atomic E-state index is 0.000263. The van der Waals surface area contributed by atoms with Crippen molar-refractivity contribution in [3.63, 3.8) is 0 Å². The Morgan fingerprint density at radius 3 is 0.992 bits per heavy atom. The van der Waals surface area contributed by atoms with Crippen molar-refractivity contribution in [2.75, 3.05) is 63.2 Å². The Labute approximate surface area is 747 Å². The van der Waals surface area contributed by atoms with E-state index in [2.05, 4.69) is 133 Å². The van der Waals surface area contributed by atoms with E-state index in [4.69, 9.17) is 42.6 Å². The third-order valence-electron chi connectivity index (χ3n) is 25.2. The Hall–Kier alpha value is -8.44. The maximum absolute atomic E-state index is 14.9. The van der Waals surface area contributed by atoms with Crippen LogP contribution in [-0.4, -0.2) is 210 Å². The van der Waals surface area contributed by atoms with Gasteiger partial charge < -0.3 is 106 Å². The number of rotatable bonds is 54. The highest BCUT2D eigenvalue weighted by Gasteiger charge is 2.46. The van der Waals surface area contributed by atoms with E-state index in [1.807, 2.05) is 44.2 Å². The maximum Gasteiger partial charge on any atom is 0.407 e. The molecule has 0 bridgehead atoms. The van der Waals surface area contributed by atoms with Crippen LogP contribution in [0.5, 0.6) is 0 Å². The van der Waals surface area contributed by atoms with Crippen molar-refractivity contribution in [2.45, 2.75) is 344 Å². The van der Waals surface area contributed by atoms with Gasteiger partial charge in [-0.05, 0) is 187 Å². The molecule has 2 aromatic carbocycles. The summed E-state index contributed by atoms with van der Waals surface area (Å²) in [5.74, 6) is -2.94. The summed E-state index contributed by atoms with van der Waals surface area (Å²) in [6.45, 7) is 32.2. The Morgan fingerprint density at radius 1 is 0.357 bits per heavy atom. The Bertz CT molecular complexity index is 3520. The predicted octanol–water partition coefficient (Wildman–Crippen LogP) is 10.2. The molecule has 126 heavy (non-hydrogen) atoms. The van der Waals surface area contributed by atoms with E-state index in [0.29, 0.717) is 90.3 Å². The normalized spacial score (nSPS) is 26.3. The van der Waals surface area contributed by atoms with Crippen LogP contribution in [0.25, 0.3) is 0 Å². The van der Waals surface area contributed by atoms with Crippen molar-refractivity contribution >= 4 is 82.4 Å². The number of unbranched alkanes of at least 4 members (excludes halogenated alkanes) is 6. The van der Waals surface area contributed by atoms with Crippen LogP contribution < -0.4 is 63.8 Å². The molecule has 2 aromatic rings. The number of ether oxygens (including phenoxy) is 9. The van der Waals surface area contributed by atoms with Gasteiger partial charge in [-0.3, -0.25) is 52.7 Å². The first-order valence-corrected chi connectivity index (χ1v) is 46.5. The number of carbonyl (C=O) groups excluding carboxylic acids is 12. The second kappa shape index (κ2) is 56.8. The number of hydrogen-bond donors (Lipinski definition) is 12. The van der Waals surface area contributed by atoms with Crippen molar-refractivity contribution in [1.29, 1.82) is 0 Å². The van der Waals surface area contributed by atoms with Gasteiger partial charge in [-0.25, -0.2) is 4.79 Å². The number of anilines is 2. The Balaban J connectivity index is 1.18. The van der Waals surface area contributed by atoms with E-state index in [0.717, 1.165) is 31.2 Å². The summed E-state index contributed by atoms with van der Waals surface area (Å²) in [5, 5.41) is 35.0. The summed E-state index contributed by atoms with van der Waals surface area (Å²) in [4.78, 5) is 160. The SMILES string of the molecule is CCC1OC(OCCCCC(=O)NCCCC[C@H](NC(=O)CCCCOC2OC(CC)C(C)C(C)C2NC(C)=O)C(=O)Nc2cc(NC(=O)[C@H](CCCCNC(=O)CCCCOC3OC(CC)C(C)C(C)C3NC(C)=O)NC(=O)CCCCOC3OC(CC)C(C)C(C)C3NC(C)=O)cc(C(=O)NCCNC(=O)OCc3ccccc3)c2)C(NC(C)=O)C(C)C1C. The molecule has 710 valence electrons. The number of amides is 12. The lowest BCUT2D eigenvalue weighted by atomic mass is 9.81. The Kier molecular flexibility index (Phi) is 47.9. The van der Waals surface area contributed by atoms with Crippen LogP contribution in [0.3, 0.4) is 0 Å². The quantitative estimate of drug-likeness (QED) is 0.0274. The van der Waals surface area contributed by atoms with Crippen LogP contribution in [0.2, 0.25) is 0 Å². The summed E-state index contributed by atoms with van der Waals surface area (Å²) in [6.07, 6.45) is 5.44. The van der Waals surface area contributed by atoms with Gasteiger partial charge in [-0.1, -0.05) is 113 Å². The fourth-order valence-electron chi connectivity index (χ4n) is 16.9. The van der Waals surface area contributed by atoms with E-state index in [1.165, 1.54) is 45.9 Å². The van der Waals surface area contributed by atoms with Gasteiger partial charge in [0.2, 0.25) is 59.1 Å². The van der Waals surface area contributed by atoms with E-state index in [1.54, 1.807) is 0 Å². The summed E-state index contributed by atoms with van der Waals surface area (Å²) < 4.78 is 55.5. The molecule has 33 heteroatoms. The molecule has 4 saturated heterocycles. The van der Waals surface area contributed by atoms with E-state index in [9.17, 15) is 57.5 Å². The lowest BCUT2D eigenvalue weighted by Crippen LogP contribution is -2.57. The number of carbonyl (C=O) groups is 12. The average molecular weight is 1770 g/mol. The van der Waals surface area contributed by atoms with Crippen LogP contribution in [0, 0.1) is 47.3 Å². The van der Waals surface area contributed by atoms with Gasteiger partial charge in [0.25, 0.3) is 5.91 Å². The maximum atomic E-state index is 14.9. The first-order chi connectivity index (χ1) is 60.2. The molecule has 33 nitrogen and oxygen atoms in total. The van der Waals surface area contributed by atoms with E-state index in [-0.39, 0.29) is 233 Å². The van der Waals surface area contributed by atoms with Crippen molar-refractivity contribution in [1.82, 2.24) is 53.2 Å². The largest absolute Gasteiger partial charge is 0.445 e. The molecule has 4 aliphatic heterocycles. The van der Waals surface area contributed by atoms with Crippen LogP contribution in [0.1, 0.15) is 268 Å². The minimum atomic E-state index is -1.17. The number of alkyl carbamates (subject to hydrolysis) is 1. The van der Waals surface area contributed by atoms with Gasteiger partial charge in [0.15, 0.2) is 25.2 Å². The predicted molar refractivity (Wildman–Crippen MR) is 477 cm³/mol. The zero-order valence-corrected chi connectivity index (χ0v) is 77.8. The topological polar surface area (TPSA) is 432 Å². The first kappa shape index (κ1) is 106. The van der Waals surface area contributed by atoms with Crippen LogP contribution in [0.4, 0.5) is 16.2 Å². The number of hydrogen-bond acceptors (Lipinski definition) is 21. The van der Waals surface area contributed by atoms with Crippen molar-refractivity contribution < 1.29 is 100 Å². The molecule has 4 fully saturated rings. The second-order valence-electron chi connectivity index (χ2n) is 34.8. The molecule has 0 aromatic heterocycles. The molecule has 6 rings (SSSR count). The summed E-state index contributed by atoms with van der Waals surface area (Å²) in [6, 6.07) is 9.57. The molecule has 20 unspecified atom stereocenters. The molecule has 4 heterocycles. The van der Waals surface area contributed by atoms with Crippen molar-refractivity contribution in [2.24, 2.45) is 47.3 Å². The van der Waals surface area contributed by atoms with Gasteiger partial charge in [0.1, 0.15) is 18.7 Å². The lowest BCUT2D eigenvalue weighted by molar-refractivity contribution is -0.236. The number of nitrogens with one attached hydrogen (secondary N) is 12. The van der Waals surface area contributed by atoms with Crippen molar-refractivity contribution in [3.8, 4) is 0 Å². The molecule has 0 aliphatic carbocycles. The van der Waals surface area contributed by atoms with Crippen molar-refractivity contribution in [3.05, 3.63) is 59.7 Å². The summed E-state index contributed by atoms with van der Waals surface area (Å²) in [7, 11) is 0. The Morgan fingerprint density at radius 2 is 0.675 bits per heavy atom. The van der Waals surface area contributed by atoms with Crippen LogP contribution in [-0.2, 0) is 97.2 Å². The first-order valence-electron chi connectivity index (χ1n) is 46.5. The third-order valence-corrected chi connectivity index (χ3v) is 25.2. The van der Waals surface area contributed by atoms with E-state index >= 15 is 0 Å². The second-order valence-corrected chi connectivity index (χ2v) is 34.8. The average Bonchev–Trinajstić information content (AvgIpc) is 0.820. The summed E-state index contributed by atoms with van der Waals surface area (Å²) in [5.41, 5.74) is 0.808. The number of benzene rings is 2. The highest BCUT2D eigenvalue weighted by atomic mass is 16.7. The summed E-state index contributed by atoms with van der Waals surface area (Å²) >= 11 is 0. The fourth-order valence-corrected chi connectivity index (χ4v) is 16.9. The molecular weight excluding hydrogens is 1620 g/mol. The zero-order valence-electron chi connectivity index (χ0n) is 77.8. The molecule has 0 spiro atoms. The molecule has 12 N–H and O–H groups in total. The molecule has 4 aliphatic rings. The minimum Gasteiger partial charge on any atom is -0.445 e. The zero-order chi connectivity index (χ0) is 92.4. The standard InChI is InChI=1S/C93H152N12O21/c1-17-74-56(5)60(9)82(98-64(13)106)89(123-74)118-48-32-26-40-78(110)94-44-30-24-38-72(104-80(112)42-28-34-50-120-91-84(100-66(15)108)62(11)58(7)76(19-3)125-91)87(115)102-70-52-69(86(114)96-46-47-97-93(117)122-55-68-36-22-21-23-37-68)53-71(54-70)103-88(116)73(105-81(113)43-29-35-51-121-92-85(101-67(16)109)63(12)59(8)77(20-4)126-92)39-25-31-45-95-79(111)41-27-33-49-119-90-83(99-65(14)107)61(10)57(6)75(18-2)124-90/h21-23,36-37,52-54,56-63,72-77,82-85,89-92H,17-20,24-35,38-51,55H2,1-16H3,(H,94,110)(H,95,111)(H,96,114)(H,97,117)(H,98,106)(H,99,107)(H,100,108)(H,101,109)(H,102,115)(H,103,116)(H,104,112)(H,105,113)/t56?,57?,58?,59?,60?,61?,62?,63?,72-,73-,74?,75?,76?,77?,82?,83?,84?,85?,89?,90?,91?,92?/m0/s1. The van der Waals surface area contributed by atoms with Gasteiger partial charge in [-0.2, -0.15) is 0 Å².